The van der Waals surface area contributed by atoms with Crippen molar-refractivity contribution >= 4 is 37.9 Å². The van der Waals surface area contributed by atoms with E-state index in [2.05, 4.69) is 9.97 Å². The summed E-state index contributed by atoms with van der Waals surface area (Å²) in [6, 6.07) is 3.26. The molecule has 0 aliphatic rings. The predicted octanol–water partition coefficient (Wildman–Crippen LogP) is 1.58. The number of hydrogen-bond acceptors (Lipinski definition) is 6. The summed E-state index contributed by atoms with van der Waals surface area (Å²) in [4.78, 5) is 33.5. The van der Waals surface area contributed by atoms with Crippen LogP contribution in [0.4, 0.5) is 0 Å². The topological polar surface area (TPSA) is 69.3 Å². The van der Waals surface area contributed by atoms with E-state index >= 15 is 0 Å². The van der Waals surface area contributed by atoms with Gasteiger partial charge in [-0.3, -0.25) is 18.6 Å². The highest BCUT2D eigenvalue weighted by atomic mass is 32.1. The Labute approximate surface area is 125 Å². The zero-order valence-electron chi connectivity index (χ0n) is 10.6. The molecule has 0 aromatic carbocycles. The summed E-state index contributed by atoms with van der Waals surface area (Å²) in [5.41, 5.74) is 1.00. The van der Waals surface area contributed by atoms with Gasteiger partial charge in [-0.05, 0) is 11.4 Å². The molecule has 4 aromatic heterocycles. The van der Waals surface area contributed by atoms with Crippen LogP contribution in [0.15, 0.2) is 45.0 Å². The lowest BCUT2D eigenvalue weighted by molar-refractivity contribution is 0.729. The van der Waals surface area contributed by atoms with Crippen molar-refractivity contribution in [2.24, 2.45) is 0 Å². The number of fused-ring (bicyclic) bond motifs is 2. The quantitative estimate of drug-likeness (QED) is 0.563. The summed E-state index contributed by atoms with van der Waals surface area (Å²) >= 11 is 2.75. The second-order valence-corrected chi connectivity index (χ2v) is 6.24. The smallest absolute Gasteiger partial charge is 0.271 e. The number of aromatic nitrogens is 4. The molecule has 0 spiro atoms. The second kappa shape index (κ2) is 4.61. The summed E-state index contributed by atoms with van der Waals surface area (Å²) in [5, 5.41) is 3.64. The van der Waals surface area contributed by atoms with Gasteiger partial charge >= 0.3 is 0 Å². The van der Waals surface area contributed by atoms with Crippen LogP contribution in [0.25, 0.3) is 15.2 Å². The van der Waals surface area contributed by atoms with Crippen molar-refractivity contribution in [2.45, 2.75) is 6.54 Å². The molecule has 0 N–H and O–H groups in total. The van der Waals surface area contributed by atoms with E-state index in [9.17, 15) is 9.59 Å². The average Bonchev–Trinajstić information content (AvgIpc) is 3.10. The minimum Gasteiger partial charge on any atom is -0.292 e. The first-order valence-corrected chi connectivity index (χ1v) is 7.87. The molecular weight excluding hydrogens is 308 g/mol. The molecule has 0 amide bonds. The Balaban J connectivity index is 1.84. The van der Waals surface area contributed by atoms with Crippen LogP contribution in [0.5, 0.6) is 0 Å². The highest BCUT2D eigenvalue weighted by Crippen LogP contribution is 2.13. The Hall–Kier alpha value is -2.32. The molecule has 104 valence electrons. The Kier molecular flexibility index (Phi) is 2.72. The molecule has 21 heavy (non-hydrogen) atoms. The first kappa shape index (κ1) is 12.4. The van der Waals surface area contributed by atoms with Crippen LogP contribution in [0, 0.1) is 0 Å². The van der Waals surface area contributed by atoms with E-state index in [0.29, 0.717) is 20.9 Å². The molecule has 0 saturated carbocycles. The molecule has 0 atom stereocenters. The number of thiophene rings is 1. The predicted molar refractivity (Wildman–Crippen MR) is 82.3 cm³/mol. The molecule has 0 unspecified atom stereocenters. The van der Waals surface area contributed by atoms with Gasteiger partial charge in [0.05, 0.1) is 24.1 Å². The van der Waals surface area contributed by atoms with Gasteiger partial charge in [0.25, 0.3) is 11.1 Å². The van der Waals surface area contributed by atoms with Gasteiger partial charge in [0, 0.05) is 17.6 Å². The molecule has 0 saturated heterocycles. The highest BCUT2D eigenvalue weighted by molar-refractivity contribution is 7.17. The van der Waals surface area contributed by atoms with E-state index in [0.717, 1.165) is 0 Å². The van der Waals surface area contributed by atoms with E-state index in [4.69, 9.17) is 0 Å². The Morgan fingerprint density at radius 1 is 1.19 bits per heavy atom. The van der Waals surface area contributed by atoms with Crippen LogP contribution in [0.2, 0.25) is 0 Å². The number of rotatable bonds is 2. The lowest BCUT2D eigenvalue weighted by Crippen LogP contribution is -2.22. The number of nitrogens with zero attached hydrogens (tertiary/aromatic N) is 4. The Morgan fingerprint density at radius 2 is 2.10 bits per heavy atom. The third-order valence-corrected chi connectivity index (χ3v) is 4.77. The van der Waals surface area contributed by atoms with Crippen molar-refractivity contribution in [2.75, 3.05) is 0 Å². The maximum atomic E-state index is 12.3. The fourth-order valence-corrected chi connectivity index (χ4v) is 3.67. The van der Waals surface area contributed by atoms with Crippen LogP contribution in [-0.4, -0.2) is 18.9 Å². The van der Waals surface area contributed by atoms with Crippen molar-refractivity contribution in [3.05, 3.63) is 61.8 Å². The summed E-state index contributed by atoms with van der Waals surface area (Å²) in [6.45, 7) is 0.239. The van der Waals surface area contributed by atoms with Gasteiger partial charge in [-0.2, -0.15) is 0 Å². The van der Waals surface area contributed by atoms with Gasteiger partial charge in [0.15, 0.2) is 4.96 Å². The first-order chi connectivity index (χ1) is 10.2. The number of hydrogen-bond donors (Lipinski definition) is 0. The van der Waals surface area contributed by atoms with Crippen molar-refractivity contribution in [1.29, 1.82) is 0 Å². The molecule has 8 heteroatoms. The summed E-state index contributed by atoms with van der Waals surface area (Å²) in [7, 11) is 0. The van der Waals surface area contributed by atoms with E-state index < -0.39 is 0 Å². The molecule has 6 nitrogen and oxygen atoms in total. The van der Waals surface area contributed by atoms with Crippen molar-refractivity contribution in [3.8, 4) is 0 Å². The molecule has 0 fully saturated rings. The van der Waals surface area contributed by atoms with E-state index in [1.165, 1.54) is 44.0 Å². The van der Waals surface area contributed by atoms with E-state index in [-0.39, 0.29) is 17.7 Å². The lowest BCUT2D eigenvalue weighted by Gasteiger charge is -2.04. The summed E-state index contributed by atoms with van der Waals surface area (Å²) < 4.78 is 3.58. The monoisotopic (exact) mass is 316 g/mol. The minimum atomic E-state index is -0.144. The van der Waals surface area contributed by atoms with Gasteiger partial charge in [-0.1, -0.05) is 0 Å². The summed E-state index contributed by atoms with van der Waals surface area (Å²) in [6.07, 6.45) is 3.18. The molecule has 4 aromatic rings. The van der Waals surface area contributed by atoms with Crippen LogP contribution < -0.4 is 11.1 Å². The largest absolute Gasteiger partial charge is 0.292 e. The zero-order valence-corrected chi connectivity index (χ0v) is 12.2. The molecule has 4 rings (SSSR count). The van der Waals surface area contributed by atoms with Crippen molar-refractivity contribution in [3.63, 3.8) is 0 Å². The van der Waals surface area contributed by atoms with Gasteiger partial charge in [0.1, 0.15) is 4.70 Å². The molecule has 0 radical (unpaired) electrons. The fraction of sp³-hybridized carbons (Fsp3) is 0.0769. The van der Waals surface area contributed by atoms with Crippen molar-refractivity contribution < 1.29 is 0 Å². The third kappa shape index (κ3) is 1.99. The van der Waals surface area contributed by atoms with E-state index in [1.54, 1.807) is 11.6 Å². The van der Waals surface area contributed by atoms with Crippen molar-refractivity contribution in [1.82, 2.24) is 18.9 Å². The molecule has 4 heterocycles. The second-order valence-electron chi connectivity index (χ2n) is 4.45. The molecule has 0 aliphatic heterocycles. The average molecular weight is 316 g/mol. The zero-order chi connectivity index (χ0) is 14.4. The van der Waals surface area contributed by atoms with Gasteiger partial charge in [-0.15, -0.1) is 22.7 Å². The van der Waals surface area contributed by atoms with Crippen LogP contribution >= 0.6 is 22.7 Å². The van der Waals surface area contributed by atoms with Crippen LogP contribution in [0.3, 0.4) is 0 Å². The normalized spacial score (nSPS) is 11.4. The van der Waals surface area contributed by atoms with Gasteiger partial charge in [0.2, 0.25) is 0 Å². The van der Waals surface area contributed by atoms with Gasteiger partial charge in [-0.25, -0.2) is 9.97 Å². The lowest BCUT2D eigenvalue weighted by atomic mass is 10.4. The molecule has 0 aliphatic carbocycles. The minimum absolute atomic E-state index is 0.108. The third-order valence-electron chi connectivity index (χ3n) is 3.12. The highest BCUT2D eigenvalue weighted by Gasteiger charge is 2.08. The Bertz CT molecular complexity index is 1070. The maximum absolute atomic E-state index is 12.3. The maximum Gasteiger partial charge on any atom is 0.271 e. The number of thiazole rings is 1. The van der Waals surface area contributed by atoms with Crippen LogP contribution in [-0.2, 0) is 6.54 Å². The summed E-state index contributed by atoms with van der Waals surface area (Å²) in [5.74, 6) is 0. The van der Waals surface area contributed by atoms with Gasteiger partial charge < -0.3 is 0 Å². The SMILES string of the molecule is O=c1c2sccc2ncn1Cc1cc(=O)n2ccsc2n1. The molecular formula is C13H8N4O2S2. The van der Waals surface area contributed by atoms with Crippen LogP contribution in [0.1, 0.15) is 5.69 Å². The van der Waals surface area contributed by atoms with E-state index in [1.807, 2.05) is 11.4 Å². The molecule has 0 bridgehead atoms. The standard InChI is InChI=1S/C13H8N4O2S2/c18-10-5-8(15-13-17(10)2-4-21-13)6-16-7-14-9-1-3-20-11(9)12(16)19/h1-5,7H,6H2. The first-order valence-electron chi connectivity index (χ1n) is 6.11. The Morgan fingerprint density at radius 3 is 3.00 bits per heavy atom. The fourth-order valence-electron chi connectivity index (χ4n) is 2.13.